The molecule has 1 heterocycles. The van der Waals surface area contributed by atoms with Crippen molar-refractivity contribution in [1.29, 1.82) is 0 Å². The predicted molar refractivity (Wildman–Crippen MR) is 89.5 cm³/mol. The minimum Gasteiger partial charge on any atom is -0.379 e. The third kappa shape index (κ3) is 4.66. The maximum Gasteiger partial charge on any atom is 0.292 e. The first-order chi connectivity index (χ1) is 11.0. The number of rotatable bonds is 6. The highest BCUT2D eigenvalue weighted by Gasteiger charge is 2.23. The van der Waals surface area contributed by atoms with Gasteiger partial charge in [-0.3, -0.25) is 14.9 Å². The van der Waals surface area contributed by atoms with E-state index in [2.05, 4.69) is 24.3 Å². The maximum absolute atomic E-state index is 12.2. The molecule has 1 saturated heterocycles. The van der Waals surface area contributed by atoms with Crippen molar-refractivity contribution in [2.75, 3.05) is 39.0 Å². The summed E-state index contributed by atoms with van der Waals surface area (Å²) in [7, 11) is 4.14. The minimum absolute atomic E-state index is 0.0340. The molecule has 1 N–H and O–H groups in total. The summed E-state index contributed by atoms with van der Waals surface area (Å²) in [6.07, 6.45) is 2.34. The number of hydrogen-bond donors (Lipinski definition) is 1. The van der Waals surface area contributed by atoms with Gasteiger partial charge >= 0.3 is 0 Å². The van der Waals surface area contributed by atoms with Gasteiger partial charge in [-0.2, -0.15) is 0 Å². The van der Waals surface area contributed by atoms with E-state index in [0.29, 0.717) is 24.7 Å². The van der Waals surface area contributed by atoms with Gasteiger partial charge in [-0.25, -0.2) is 0 Å². The molecule has 23 heavy (non-hydrogen) atoms. The third-order valence-electron chi connectivity index (χ3n) is 4.30. The van der Waals surface area contributed by atoms with E-state index in [0.717, 1.165) is 25.9 Å². The average Bonchev–Trinajstić information content (AvgIpc) is 2.55. The zero-order chi connectivity index (χ0) is 16.8. The number of piperidine rings is 1. The lowest BCUT2D eigenvalue weighted by atomic mass is 10.0. The molecule has 7 nitrogen and oxygen atoms in total. The van der Waals surface area contributed by atoms with Crippen LogP contribution >= 0.6 is 0 Å². The lowest BCUT2D eigenvalue weighted by Gasteiger charge is -2.35. The molecule has 0 unspecified atom stereocenters. The Morgan fingerprint density at radius 3 is 2.61 bits per heavy atom. The molecule has 1 amide bonds. The highest BCUT2D eigenvalue weighted by molar-refractivity contribution is 5.77. The molecule has 1 aliphatic heterocycles. The second-order valence-electron chi connectivity index (χ2n) is 6.03. The van der Waals surface area contributed by atoms with Crippen molar-refractivity contribution in [2.24, 2.45) is 0 Å². The van der Waals surface area contributed by atoms with Crippen LogP contribution in [-0.2, 0) is 4.79 Å². The van der Waals surface area contributed by atoms with Gasteiger partial charge in [0.2, 0.25) is 5.91 Å². The van der Waals surface area contributed by atoms with E-state index in [4.69, 9.17) is 0 Å². The van der Waals surface area contributed by atoms with E-state index in [1.165, 1.54) is 6.07 Å². The molecule has 1 fully saturated rings. The topological polar surface area (TPSA) is 78.7 Å². The molecular formula is C16H24N4O3. The summed E-state index contributed by atoms with van der Waals surface area (Å²) in [6, 6.07) is 7.03. The van der Waals surface area contributed by atoms with Crippen LogP contribution in [0.15, 0.2) is 24.3 Å². The van der Waals surface area contributed by atoms with Gasteiger partial charge in [-0.05, 0) is 33.0 Å². The van der Waals surface area contributed by atoms with Gasteiger partial charge in [0.05, 0.1) is 4.92 Å². The van der Waals surface area contributed by atoms with Crippen molar-refractivity contribution in [3.8, 4) is 0 Å². The summed E-state index contributed by atoms with van der Waals surface area (Å²) in [5.74, 6) is 0.105. The Labute approximate surface area is 136 Å². The largest absolute Gasteiger partial charge is 0.379 e. The number of carbonyl (C=O) groups excluding carboxylic acids is 1. The highest BCUT2D eigenvalue weighted by Crippen LogP contribution is 2.23. The number of carbonyl (C=O) groups is 1. The Kier molecular flexibility index (Phi) is 5.92. The zero-order valence-electron chi connectivity index (χ0n) is 13.7. The molecule has 0 aromatic heterocycles. The number of nitro benzene ring substituents is 1. The molecule has 1 aliphatic rings. The second kappa shape index (κ2) is 7.92. The standard InChI is InChI=1S/C16H24N4O3/c1-18(2)13-8-11-19(12-9-13)16(21)7-10-17-14-5-3-4-6-15(14)20(22)23/h3-6,13,17H,7-12H2,1-2H3. The molecule has 0 aliphatic carbocycles. The SMILES string of the molecule is CN(C)C1CCN(C(=O)CCNc2ccccc2[N+](=O)[O-])CC1. The molecule has 126 valence electrons. The number of nitrogens with one attached hydrogen (secondary N) is 1. The van der Waals surface area contributed by atoms with E-state index in [1.807, 2.05) is 4.90 Å². The summed E-state index contributed by atoms with van der Waals surface area (Å²) in [6.45, 7) is 1.97. The number of benzene rings is 1. The molecule has 1 aromatic carbocycles. The number of amides is 1. The number of para-hydroxylation sites is 2. The van der Waals surface area contributed by atoms with Crippen LogP contribution in [0.25, 0.3) is 0 Å². The fourth-order valence-electron chi connectivity index (χ4n) is 2.88. The number of anilines is 1. The van der Waals surface area contributed by atoms with Gasteiger partial charge in [-0.1, -0.05) is 12.1 Å². The van der Waals surface area contributed by atoms with Crippen LogP contribution in [0.1, 0.15) is 19.3 Å². The van der Waals surface area contributed by atoms with Gasteiger partial charge in [0, 0.05) is 38.2 Å². The van der Waals surface area contributed by atoms with Gasteiger partial charge in [0.15, 0.2) is 0 Å². The summed E-state index contributed by atoms with van der Waals surface area (Å²) in [5, 5.41) is 13.9. The Morgan fingerprint density at radius 2 is 2.00 bits per heavy atom. The molecule has 0 bridgehead atoms. The Morgan fingerprint density at radius 1 is 1.35 bits per heavy atom. The zero-order valence-corrected chi connectivity index (χ0v) is 13.7. The van der Waals surface area contributed by atoms with Crippen molar-refractivity contribution in [3.63, 3.8) is 0 Å². The number of nitrogens with zero attached hydrogens (tertiary/aromatic N) is 3. The van der Waals surface area contributed by atoms with Crippen LogP contribution in [0.5, 0.6) is 0 Å². The van der Waals surface area contributed by atoms with Crippen molar-refractivity contribution >= 4 is 17.3 Å². The quantitative estimate of drug-likeness (QED) is 0.640. The van der Waals surface area contributed by atoms with Crippen molar-refractivity contribution < 1.29 is 9.72 Å². The van der Waals surface area contributed by atoms with Crippen LogP contribution in [0.4, 0.5) is 11.4 Å². The molecule has 7 heteroatoms. The van der Waals surface area contributed by atoms with E-state index in [-0.39, 0.29) is 11.6 Å². The van der Waals surface area contributed by atoms with Crippen LogP contribution in [0.2, 0.25) is 0 Å². The Hall–Kier alpha value is -2.15. The summed E-state index contributed by atoms with van der Waals surface area (Å²) in [5.41, 5.74) is 0.489. The first-order valence-corrected chi connectivity index (χ1v) is 7.90. The van der Waals surface area contributed by atoms with Gasteiger partial charge in [0.1, 0.15) is 5.69 Å². The lowest BCUT2D eigenvalue weighted by molar-refractivity contribution is -0.384. The van der Waals surface area contributed by atoms with E-state index >= 15 is 0 Å². The molecule has 0 saturated carbocycles. The van der Waals surface area contributed by atoms with Crippen molar-refractivity contribution in [1.82, 2.24) is 9.80 Å². The van der Waals surface area contributed by atoms with Gasteiger partial charge in [-0.15, -0.1) is 0 Å². The summed E-state index contributed by atoms with van der Waals surface area (Å²) in [4.78, 5) is 26.8. The minimum atomic E-state index is -0.420. The van der Waals surface area contributed by atoms with Crippen molar-refractivity contribution in [3.05, 3.63) is 34.4 Å². The summed E-state index contributed by atoms with van der Waals surface area (Å²) < 4.78 is 0. The van der Waals surface area contributed by atoms with Gasteiger partial charge < -0.3 is 15.1 Å². The van der Waals surface area contributed by atoms with Crippen LogP contribution in [0, 0.1) is 10.1 Å². The molecular weight excluding hydrogens is 296 g/mol. The van der Waals surface area contributed by atoms with E-state index in [9.17, 15) is 14.9 Å². The number of likely N-dealkylation sites (tertiary alicyclic amines) is 1. The fraction of sp³-hybridized carbons (Fsp3) is 0.562. The highest BCUT2D eigenvalue weighted by atomic mass is 16.6. The third-order valence-corrected chi connectivity index (χ3v) is 4.30. The Balaban J connectivity index is 1.79. The lowest BCUT2D eigenvalue weighted by Crippen LogP contribution is -2.44. The van der Waals surface area contributed by atoms with Gasteiger partial charge in [0.25, 0.3) is 5.69 Å². The first-order valence-electron chi connectivity index (χ1n) is 7.90. The predicted octanol–water partition coefficient (Wildman–Crippen LogP) is 1.95. The molecule has 0 atom stereocenters. The smallest absolute Gasteiger partial charge is 0.292 e. The molecule has 2 rings (SSSR count). The van der Waals surface area contributed by atoms with Crippen LogP contribution in [0.3, 0.4) is 0 Å². The number of nitro groups is 1. The fourth-order valence-corrected chi connectivity index (χ4v) is 2.88. The van der Waals surface area contributed by atoms with Crippen LogP contribution < -0.4 is 5.32 Å². The van der Waals surface area contributed by atoms with Crippen molar-refractivity contribution in [2.45, 2.75) is 25.3 Å². The second-order valence-corrected chi connectivity index (χ2v) is 6.03. The number of hydrogen-bond acceptors (Lipinski definition) is 5. The average molecular weight is 320 g/mol. The Bertz CT molecular complexity index is 554. The molecule has 1 aromatic rings. The van der Waals surface area contributed by atoms with Crippen LogP contribution in [-0.4, -0.2) is 60.4 Å². The van der Waals surface area contributed by atoms with E-state index < -0.39 is 4.92 Å². The maximum atomic E-state index is 12.2. The first kappa shape index (κ1) is 17.2. The van der Waals surface area contributed by atoms with E-state index in [1.54, 1.807) is 18.2 Å². The monoisotopic (exact) mass is 320 g/mol. The molecule has 0 spiro atoms. The normalized spacial score (nSPS) is 15.7. The summed E-state index contributed by atoms with van der Waals surface area (Å²) >= 11 is 0. The molecule has 0 radical (unpaired) electrons.